The Labute approximate surface area is 125 Å². The zero-order valence-electron chi connectivity index (χ0n) is 12.7. The molecule has 1 aromatic carbocycles. The molecule has 2 N–H and O–H groups in total. The fourth-order valence-corrected chi connectivity index (χ4v) is 2.47. The van der Waals surface area contributed by atoms with Gasteiger partial charge in [-0.25, -0.2) is 4.79 Å². The average Bonchev–Trinajstić information content (AvgIpc) is 3.34. The number of carbonyl (C=O) groups excluding carboxylic acids is 1. The highest BCUT2D eigenvalue weighted by molar-refractivity contribution is 5.75. The number of para-hydroxylation sites is 1. The summed E-state index contributed by atoms with van der Waals surface area (Å²) in [7, 11) is 1.65. The number of aliphatic hydroxyl groups excluding tert-OH is 1. The SMILES string of the molecule is COc1ccccc1C(C)CNC(=O)N(CCO)C1CC1. The van der Waals surface area contributed by atoms with E-state index in [0.29, 0.717) is 19.1 Å². The zero-order chi connectivity index (χ0) is 15.2. The number of hydrogen-bond donors (Lipinski definition) is 2. The van der Waals surface area contributed by atoms with Gasteiger partial charge in [-0.3, -0.25) is 0 Å². The topological polar surface area (TPSA) is 61.8 Å². The lowest BCUT2D eigenvalue weighted by molar-refractivity contribution is 0.173. The van der Waals surface area contributed by atoms with Crippen molar-refractivity contribution in [3.63, 3.8) is 0 Å². The number of nitrogens with zero attached hydrogens (tertiary/aromatic N) is 1. The van der Waals surface area contributed by atoms with Crippen LogP contribution in [-0.4, -0.2) is 48.9 Å². The minimum atomic E-state index is -0.0895. The van der Waals surface area contributed by atoms with Gasteiger partial charge in [0.25, 0.3) is 0 Å². The maximum atomic E-state index is 12.2. The highest BCUT2D eigenvalue weighted by Crippen LogP contribution is 2.27. The van der Waals surface area contributed by atoms with Crippen molar-refractivity contribution in [1.29, 1.82) is 0 Å². The van der Waals surface area contributed by atoms with Crippen LogP contribution in [0.3, 0.4) is 0 Å². The van der Waals surface area contributed by atoms with Gasteiger partial charge < -0.3 is 20.1 Å². The molecule has 1 aromatic rings. The van der Waals surface area contributed by atoms with E-state index in [2.05, 4.69) is 12.2 Å². The summed E-state index contributed by atoms with van der Waals surface area (Å²) in [6.07, 6.45) is 2.07. The molecule has 0 aliphatic heterocycles. The van der Waals surface area contributed by atoms with Gasteiger partial charge in [0.1, 0.15) is 5.75 Å². The number of rotatable bonds is 7. The fourth-order valence-electron chi connectivity index (χ4n) is 2.47. The first-order chi connectivity index (χ1) is 10.2. The Bertz CT molecular complexity index is 474. The minimum absolute atomic E-state index is 0.00593. The van der Waals surface area contributed by atoms with Gasteiger partial charge >= 0.3 is 6.03 Å². The van der Waals surface area contributed by atoms with E-state index in [1.165, 1.54) is 0 Å². The third kappa shape index (κ3) is 4.11. The molecule has 21 heavy (non-hydrogen) atoms. The van der Waals surface area contributed by atoms with Crippen LogP contribution >= 0.6 is 0 Å². The van der Waals surface area contributed by atoms with E-state index >= 15 is 0 Å². The number of aliphatic hydroxyl groups is 1. The molecular formula is C16H24N2O3. The maximum absolute atomic E-state index is 12.2. The van der Waals surface area contributed by atoms with Crippen molar-refractivity contribution in [1.82, 2.24) is 10.2 Å². The van der Waals surface area contributed by atoms with Crippen LogP contribution in [0.25, 0.3) is 0 Å². The zero-order valence-corrected chi connectivity index (χ0v) is 12.7. The van der Waals surface area contributed by atoms with Crippen molar-refractivity contribution in [2.45, 2.75) is 31.7 Å². The van der Waals surface area contributed by atoms with E-state index in [4.69, 9.17) is 9.84 Å². The molecule has 0 bridgehead atoms. The van der Waals surface area contributed by atoms with E-state index in [1.807, 2.05) is 24.3 Å². The van der Waals surface area contributed by atoms with Gasteiger partial charge in [-0.05, 0) is 24.5 Å². The molecule has 2 rings (SSSR count). The van der Waals surface area contributed by atoms with Gasteiger partial charge in [-0.1, -0.05) is 25.1 Å². The van der Waals surface area contributed by atoms with Crippen LogP contribution in [-0.2, 0) is 0 Å². The van der Waals surface area contributed by atoms with Crippen LogP contribution in [0.15, 0.2) is 24.3 Å². The molecule has 1 unspecified atom stereocenters. The fraction of sp³-hybridized carbons (Fsp3) is 0.562. The molecule has 0 saturated heterocycles. The van der Waals surface area contributed by atoms with Crippen LogP contribution < -0.4 is 10.1 Å². The average molecular weight is 292 g/mol. The Balaban J connectivity index is 1.90. The Morgan fingerprint density at radius 3 is 2.81 bits per heavy atom. The summed E-state index contributed by atoms with van der Waals surface area (Å²) in [5, 5.41) is 12.0. The first-order valence-corrected chi connectivity index (χ1v) is 7.45. The number of carbonyl (C=O) groups is 1. The molecule has 1 aliphatic rings. The summed E-state index contributed by atoms with van der Waals surface area (Å²) in [6.45, 7) is 3.02. The van der Waals surface area contributed by atoms with Crippen molar-refractivity contribution >= 4 is 6.03 Å². The smallest absolute Gasteiger partial charge is 0.317 e. The Hall–Kier alpha value is -1.75. The van der Waals surface area contributed by atoms with Gasteiger partial charge in [0.2, 0.25) is 0 Å². The van der Waals surface area contributed by atoms with Crippen LogP contribution in [0.2, 0.25) is 0 Å². The summed E-state index contributed by atoms with van der Waals surface area (Å²) in [5.74, 6) is 1.01. The Kier molecular flexibility index (Phi) is 5.44. The molecule has 5 nitrogen and oxygen atoms in total. The van der Waals surface area contributed by atoms with Gasteiger partial charge in [0.05, 0.1) is 13.7 Å². The van der Waals surface area contributed by atoms with E-state index in [0.717, 1.165) is 24.2 Å². The number of hydrogen-bond acceptors (Lipinski definition) is 3. The number of urea groups is 1. The van der Waals surface area contributed by atoms with Crippen molar-refractivity contribution < 1.29 is 14.6 Å². The maximum Gasteiger partial charge on any atom is 0.317 e. The lowest BCUT2D eigenvalue weighted by atomic mass is 10.0. The number of nitrogens with one attached hydrogen (secondary N) is 1. The van der Waals surface area contributed by atoms with Crippen molar-refractivity contribution in [3.8, 4) is 5.75 Å². The van der Waals surface area contributed by atoms with Crippen molar-refractivity contribution in [2.75, 3.05) is 26.8 Å². The largest absolute Gasteiger partial charge is 0.496 e. The monoisotopic (exact) mass is 292 g/mol. The second-order valence-electron chi connectivity index (χ2n) is 5.48. The van der Waals surface area contributed by atoms with E-state index < -0.39 is 0 Å². The minimum Gasteiger partial charge on any atom is -0.496 e. The molecule has 0 heterocycles. The number of ether oxygens (including phenoxy) is 1. The molecular weight excluding hydrogens is 268 g/mol. The van der Waals surface area contributed by atoms with Crippen molar-refractivity contribution in [2.24, 2.45) is 0 Å². The normalized spacial score (nSPS) is 15.4. The number of methoxy groups -OCH3 is 1. The molecule has 0 aromatic heterocycles. The van der Waals surface area contributed by atoms with Crippen LogP contribution in [0.4, 0.5) is 4.79 Å². The summed E-state index contributed by atoms with van der Waals surface area (Å²) >= 11 is 0. The molecule has 1 fully saturated rings. The third-order valence-electron chi connectivity index (χ3n) is 3.82. The van der Waals surface area contributed by atoms with E-state index in [1.54, 1.807) is 12.0 Å². The highest BCUT2D eigenvalue weighted by atomic mass is 16.5. The molecule has 0 radical (unpaired) electrons. The molecule has 1 atom stereocenters. The molecule has 1 aliphatic carbocycles. The lowest BCUT2D eigenvalue weighted by Gasteiger charge is -2.23. The summed E-state index contributed by atoms with van der Waals surface area (Å²) in [4.78, 5) is 13.9. The van der Waals surface area contributed by atoms with Gasteiger partial charge in [0.15, 0.2) is 0 Å². The number of amides is 2. The molecule has 116 valence electrons. The predicted molar refractivity (Wildman–Crippen MR) is 81.6 cm³/mol. The van der Waals surface area contributed by atoms with Crippen LogP contribution in [0, 0.1) is 0 Å². The van der Waals surface area contributed by atoms with Gasteiger partial charge in [-0.2, -0.15) is 0 Å². The quantitative estimate of drug-likeness (QED) is 0.807. The van der Waals surface area contributed by atoms with Gasteiger partial charge in [-0.15, -0.1) is 0 Å². The summed E-state index contributed by atoms with van der Waals surface area (Å²) < 4.78 is 5.35. The first-order valence-electron chi connectivity index (χ1n) is 7.45. The Morgan fingerprint density at radius 2 is 2.19 bits per heavy atom. The second kappa shape index (κ2) is 7.31. The first kappa shape index (κ1) is 15.6. The van der Waals surface area contributed by atoms with Crippen LogP contribution in [0.1, 0.15) is 31.2 Å². The third-order valence-corrected chi connectivity index (χ3v) is 3.82. The number of benzene rings is 1. The lowest BCUT2D eigenvalue weighted by Crippen LogP contribution is -2.43. The van der Waals surface area contributed by atoms with Crippen LogP contribution in [0.5, 0.6) is 5.75 Å². The molecule has 2 amide bonds. The summed E-state index contributed by atoms with van der Waals surface area (Å²) in [6, 6.07) is 8.06. The summed E-state index contributed by atoms with van der Waals surface area (Å²) in [5.41, 5.74) is 1.08. The van der Waals surface area contributed by atoms with Gasteiger partial charge in [0, 0.05) is 25.0 Å². The predicted octanol–water partition coefficient (Wildman–Crippen LogP) is 1.96. The molecule has 5 heteroatoms. The van der Waals surface area contributed by atoms with Crippen molar-refractivity contribution in [3.05, 3.63) is 29.8 Å². The second-order valence-corrected chi connectivity index (χ2v) is 5.48. The van der Waals surface area contributed by atoms with E-state index in [9.17, 15) is 4.79 Å². The van der Waals surface area contributed by atoms with E-state index in [-0.39, 0.29) is 18.6 Å². The Morgan fingerprint density at radius 1 is 1.48 bits per heavy atom. The molecule has 0 spiro atoms. The standard InChI is InChI=1S/C16H24N2O3/c1-12(14-5-3-4-6-15(14)21-2)11-17-16(20)18(9-10-19)13-7-8-13/h3-6,12-13,19H,7-11H2,1-2H3,(H,17,20). The molecule has 1 saturated carbocycles. The highest BCUT2D eigenvalue weighted by Gasteiger charge is 2.32.